The summed E-state index contributed by atoms with van der Waals surface area (Å²) >= 11 is 1.84. The van der Waals surface area contributed by atoms with Crippen LogP contribution in [0, 0.1) is 0 Å². The van der Waals surface area contributed by atoms with Crippen LogP contribution in [0.4, 0.5) is 5.69 Å². The largest absolute Gasteiger partial charge is 0.378 e. The molecule has 1 aliphatic carbocycles. The van der Waals surface area contributed by atoms with Gasteiger partial charge in [-0.2, -0.15) is 0 Å². The van der Waals surface area contributed by atoms with Gasteiger partial charge in [0.1, 0.15) is 14.1 Å². The normalized spacial score (nSPS) is 16.8. The second-order valence-corrected chi connectivity index (χ2v) is 7.83. The SMILES string of the molecule is CC1=CC(=C2C=CC(=[N+](C)C)C=C2)SC(c2ccc(N(C)C)cc2)=C1. The molecule has 25 heavy (non-hydrogen) atoms. The summed E-state index contributed by atoms with van der Waals surface area (Å²) in [7, 11) is 8.28. The van der Waals surface area contributed by atoms with Crippen LogP contribution in [0.15, 0.2) is 76.8 Å². The van der Waals surface area contributed by atoms with E-state index in [1.54, 1.807) is 0 Å². The third kappa shape index (κ3) is 4.05. The highest BCUT2D eigenvalue weighted by Crippen LogP contribution is 2.41. The molecule has 1 aromatic rings. The Morgan fingerprint density at radius 3 is 2.08 bits per heavy atom. The summed E-state index contributed by atoms with van der Waals surface area (Å²) in [6.45, 7) is 2.17. The van der Waals surface area contributed by atoms with Crippen molar-refractivity contribution in [2.24, 2.45) is 0 Å². The van der Waals surface area contributed by atoms with Crippen molar-refractivity contribution >= 4 is 28.1 Å². The number of hydrogen-bond acceptors (Lipinski definition) is 2. The highest BCUT2D eigenvalue weighted by atomic mass is 32.2. The average Bonchev–Trinajstić information content (AvgIpc) is 2.61. The predicted octanol–water partition coefficient (Wildman–Crippen LogP) is 4.88. The Bertz CT molecular complexity index is 838. The highest BCUT2D eigenvalue weighted by molar-refractivity contribution is 8.12. The van der Waals surface area contributed by atoms with Crippen LogP contribution in [0.2, 0.25) is 0 Å². The Morgan fingerprint density at radius 2 is 1.52 bits per heavy atom. The summed E-state index contributed by atoms with van der Waals surface area (Å²) in [4.78, 5) is 4.73. The van der Waals surface area contributed by atoms with Gasteiger partial charge in [0.2, 0.25) is 0 Å². The lowest BCUT2D eigenvalue weighted by atomic mass is 10.1. The maximum absolute atomic E-state index is 2.27. The molecule has 0 aromatic heterocycles. The third-order valence-corrected chi connectivity index (χ3v) is 5.42. The van der Waals surface area contributed by atoms with Crippen LogP contribution in [-0.4, -0.2) is 38.5 Å². The first-order chi connectivity index (χ1) is 11.9. The highest BCUT2D eigenvalue weighted by Gasteiger charge is 2.15. The van der Waals surface area contributed by atoms with E-state index < -0.39 is 0 Å². The summed E-state index contributed by atoms with van der Waals surface area (Å²) in [5, 5.41) is 0. The fourth-order valence-corrected chi connectivity index (χ4v) is 4.00. The summed E-state index contributed by atoms with van der Waals surface area (Å²) in [6.07, 6.45) is 13.3. The molecule has 0 saturated heterocycles. The fourth-order valence-electron chi connectivity index (χ4n) is 2.76. The molecule has 0 N–H and O–H groups in total. The Morgan fingerprint density at radius 1 is 0.880 bits per heavy atom. The first-order valence-corrected chi connectivity index (χ1v) is 9.26. The number of benzene rings is 1. The third-order valence-electron chi connectivity index (χ3n) is 4.27. The van der Waals surface area contributed by atoms with Crippen molar-refractivity contribution in [1.29, 1.82) is 0 Å². The molecule has 1 aromatic carbocycles. The van der Waals surface area contributed by atoms with E-state index in [4.69, 9.17) is 0 Å². The number of rotatable bonds is 2. The van der Waals surface area contributed by atoms with Crippen LogP contribution in [0.25, 0.3) is 4.91 Å². The molecule has 1 aliphatic heterocycles. The molecule has 2 aliphatic rings. The summed E-state index contributed by atoms with van der Waals surface area (Å²) < 4.78 is 2.13. The van der Waals surface area contributed by atoms with Gasteiger partial charge in [-0.25, -0.2) is 4.58 Å². The molecule has 0 bridgehead atoms. The Hall–Kier alpha value is -2.26. The second kappa shape index (κ2) is 7.32. The van der Waals surface area contributed by atoms with Gasteiger partial charge in [0.05, 0.1) is 0 Å². The van der Waals surface area contributed by atoms with Gasteiger partial charge in [0.25, 0.3) is 0 Å². The topological polar surface area (TPSA) is 6.25 Å². The first-order valence-electron chi connectivity index (χ1n) is 8.44. The number of hydrogen-bond donors (Lipinski definition) is 0. The van der Waals surface area contributed by atoms with E-state index in [0.29, 0.717) is 0 Å². The first kappa shape index (κ1) is 17.6. The van der Waals surface area contributed by atoms with Crippen LogP contribution in [0.1, 0.15) is 12.5 Å². The fraction of sp³-hybridized carbons (Fsp3) is 0.227. The number of thioether (sulfide) groups is 1. The lowest BCUT2D eigenvalue weighted by Gasteiger charge is -2.18. The monoisotopic (exact) mass is 349 g/mol. The second-order valence-electron chi connectivity index (χ2n) is 6.75. The van der Waals surface area contributed by atoms with Crippen molar-refractivity contribution < 1.29 is 4.58 Å². The van der Waals surface area contributed by atoms with Crippen LogP contribution in [0.5, 0.6) is 0 Å². The minimum atomic E-state index is 1.22. The Balaban J connectivity index is 1.90. The van der Waals surface area contributed by atoms with Gasteiger partial charge >= 0.3 is 0 Å². The lowest BCUT2D eigenvalue weighted by Crippen LogP contribution is -2.09. The number of anilines is 1. The molecule has 2 nitrogen and oxygen atoms in total. The quantitative estimate of drug-likeness (QED) is 0.702. The van der Waals surface area contributed by atoms with Crippen molar-refractivity contribution in [3.8, 4) is 0 Å². The molecule has 128 valence electrons. The Kier molecular flexibility index (Phi) is 5.14. The van der Waals surface area contributed by atoms with Gasteiger partial charge < -0.3 is 4.90 Å². The van der Waals surface area contributed by atoms with E-state index in [1.807, 2.05) is 11.8 Å². The maximum Gasteiger partial charge on any atom is 0.199 e. The van der Waals surface area contributed by atoms with E-state index in [1.165, 1.54) is 37.9 Å². The molecular formula is C22H25N2S+. The molecule has 0 atom stereocenters. The van der Waals surface area contributed by atoms with Gasteiger partial charge in [0.15, 0.2) is 5.71 Å². The summed E-state index contributed by atoms with van der Waals surface area (Å²) in [5.74, 6) is 0. The van der Waals surface area contributed by atoms with E-state index >= 15 is 0 Å². The van der Waals surface area contributed by atoms with E-state index in [9.17, 15) is 0 Å². The minimum Gasteiger partial charge on any atom is -0.378 e. The minimum absolute atomic E-state index is 1.22. The van der Waals surface area contributed by atoms with Gasteiger partial charge in [0, 0.05) is 41.7 Å². The zero-order chi connectivity index (χ0) is 18.0. The van der Waals surface area contributed by atoms with Crippen molar-refractivity contribution in [1.82, 2.24) is 0 Å². The van der Waals surface area contributed by atoms with Crippen molar-refractivity contribution in [2.45, 2.75) is 6.92 Å². The van der Waals surface area contributed by atoms with Crippen LogP contribution < -0.4 is 4.90 Å². The van der Waals surface area contributed by atoms with Gasteiger partial charge in [-0.1, -0.05) is 23.9 Å². The molecular weight excluding hydrogens is 324 g/mol. The summed E-state index contributed by atoms with van der Waals surface area (Å²) in [6, 6.07) is 8.77. The van der Waals surface area contributed by atoms with Gasteiger partial charge in [-0.15, -0.1) is 0 Å². The lowest BCUT2D eigenvalue weighted by molar-refractivity contribution is -0.462. The van der Waals surface area contributed by atoms with E-state index in [-0.39, 0.29) is 0 Å². The molecule has 1 heterocycles. The maximum atomic E-state index is 2.27. The molecule has 0 saturated carbocycles. The van der Waals surface area contributed by atoms with Crippen LogP contribution in [-0.2, 0) is 0 Å². The molecule has 0 spiro atoms. The van der Waals surface area contributed by atoms with Gasteiger partial charge in [-0.3, -0.25) is 0 Å². The van der Waals surface area contributed by atoms with E-state index in [2.05, 4.69) is 105 Å². The molecule has 0 amide bonds. The van der Waals surface area contributed by atoms with Gasteiger partial charge in [-0.05, 0) is 60.1 Å². The summed E-state index contributed by atoms with van der Waals surface area (Å²) in [5.41, 5.74) is 6.27. The number of nitrogens with zero attached hydrogens (tertiary/aromatic N) is 2. The zero-order valence-electron chi connectivity index (χ0n) is 15.6. The molecule has 3 heteroatoms. The smallest absolute Gasteiger partial charge is 0.199 e. The molecule has 0 fully saturated rings. The van der Waals surface area contributed by atoms with Crippen molar-refractivity contribution in [2.75, 3.05) is 33.1 Å². The van der Waals surface area contributed by atoms with Crippen LogP contribution >= 0.6 is 11.8 Å². The molecule has 3 rings (SSSR count). The number of allylic oxidation sites excluding steroid dienone is 8. The zero-order valence-corrected chi connectivity index (χ0v) is 16.4. The van der Waals surface area contributed by atoms with E-state index in [0.717, 1.165) is 0 Å². The molecule has 0 radical (unpaired) electrons. The average molecular weight is 350 g/mol. The Labute approximate surface area is 155 Å². The standard InChI is InChI=1S/C22H25N2S/c1-16-14-21(17-6-10-19(11-7-17)23(2)3)25-22(15-16)18-8-12-20(13-9-18)24(4)5/h6-15H,1-5H3/q+1. The molecule has 0 unspecified atom stereocenters. The predicted molar refractivity (Wildman–Crippen MR) is 113 cm³/mol. The van der Waals surface area contributed by atoms with Crippen molar-refractivity contribution in [3.05, 3.63) is 82.3 Å². The van der Waals surface area contributed by atoms with Crippen LogP contribution in [0.3, 0.4) is 0 Å². The van der Waals surface area contributed by atoms with Crippen molar-refractivity contribution in [3.63, 3.8) is 0 Å².